The van der Waals surface area contributed by atoms with Crippen LogP contribution in [0, 0.1) is 0 Å². The second-order valence-electron chi connectivity index (χ2n) is 4.37. The van der Waals surface area contributed by atoms with Crippen LogP contribution in [0.15, 0.2) is 22.7 Å². The maximum atomic E-state index is 12.0. The van der Waals surface area contributed by atoms with Gasteiger partial charge in [-0.05, 0) is 40.5 Å². The lowest BCUT2D eigenvalue weighted by molar-refractivity contribution is 0.0979. The zero-order valence-corrected chi connectivity index (χ0v) is 13.2. The molecule has 1 aromatic rings. The van der Waals surface area contributed by atoms with Gasteiger partial charge < -0.3 is 9.47 Å². The summed E-state index contributed by atoms with van der Waals surface area (Å²) < 4.78 is 11.3. The summed E-state index contributed by atoms with van der Waals surface area (Å²) in [5, 5.41) is 0. The molecule has 4 heteroatoms. The van der Waals surface area contributed by atoms with E-state index in [9.17, 15) is 4.79 Å². The van der Waals surface area contributed by atoms with Crippen molar-refractivity contribution in [1.29, 1.82) is 0 Å². The third-order valence-electron chi connectivity index (χ3n) is 2.81. The Morgan fingerprint density at radius 3 is 2.68 bits per heavy atom. The summed E-state index contributed by atoms with van der Waals surface area (Å²) in [5.41, 5.74) is 0.738. The number of hydrogen-bond acceptors (Lipinski definition) is 3. The monoisotopic (exact) mass is 328 g/mol. The first-order valence-corrected chi connectivity index (χ1v) is 7.42. The topological polar surface area (TPSA) is 35.5 Å². The molecule has 0 aliphatic rings. The molecule has 1 aromatic carbocycles. The molecule has 0 amide bonds. The molecule has 0 heterocycles. The number of ether oxygens (including phenoxy) is 2. The zero-order chi connectivity index (χ0) is 14.1. The summed E-state index contributed by atoms with van der Waals surface area (Å²) >= 11 is 3.43. The van der Waals surface area contributed by atoms with Crippen LogP contribution >= 0.6 is 15.9 Å². The van der Waals surface area contributed by atoms with Crippen molar-refractivity contribution in [3.05, 3.63) is 28.2 Å². The number of rotatable bonds is 9. The molecule has 3 nitrogen and oxygen atoms in total. The molecule has 1 rings (SSSR count). The molecular weight excluding hydrogens is 308 g/mol. The van der Waals surface area contributed by atoms with E-state index in [1.165, 1.54) is 0 Å². The average Bonchev–Trinajstić information content (AvgIpc) is 2.41. The summed E-state index contributed by atoms with van der Waals surface area (Å²) in [6.07, 6.45) is 3.80. The number of halogens is 1. The molecule has 0 fully saturated rings. The van der Waals surface area contributed by atoms with Gasteiger partial charge in [0.1, 0.15) is 12.4 Å². The molecular formula is C15H21BrO3. The predicted molar refractivity (Wildman–Crippen MR) is 80.0 cm³/mol. The molecule has 0 saturated heterocycles. The maximum absolute atomic E-state index is 12.0. The van der Waals surface area contributed by atoms with Crippen LogP contribution < -0.4 is 4.74 Å². The third kappa shape index (κ3) is 5.74. The highest BCUT2D eigenvalue weighted by molar-refractivity contribution is 9.10. The molecule has 0 aromatic heterocycles. The molecule has 0 radical (unpaired) electrons. The number of carbonyl (C=O) groups is 1. The average molecular weight is 329 g/mol. The van der Waals surface area contributed by atoms with Crippen LogP contribution in [0.4, 0.5) is 0 Å². The Morgan fingerprint density at radius 1 is 1.26 bits per heavy atom. The fourth-order valence-electron chi connectivity index (χ4n) is 1.71. The van der Waals surface area contributed by atoms with E-state index < -0.39 is 0 Å². The molecule has 19 heavy (non-hydrogen) atoms. The van der Waals surface area contributed by atoms with Gasteiger partial charge in [0.05, 0.1) is 11.1 Å². The van der Waals surface area contributed by atoms with Crippen molar-refractivity contribution in [1.82, 2.24) is 0 Å². The van der Waals surface area contributed by atoms with Crippen LogP contribution in [0.1, 0.15) is 43.0 Å². The fourth-order valence-corrected chi connectivity index (χ4v) is 2.20. The van der Waals surface area contributed by atoms with Crippen molar-refractivity contribution < 1.29 is 14.3 Å². The second kappa shape index (κ2) is 9.10. The van der Waals surface area contributed by atoms with Crippen molar-refractivity contribution in [2.75, 3.05) is 20.3 Å². The van der Waals surface area contributed by atoms with Gasteiger partial charge in [-0.3, -0.25) is 4.79 Å². The van der Waals surface area contributed by atoms with Gasteiger partial charge in [-0.25, -0.2) is 0 Å². The Kier molecular flexibility index (Phi) is 7.75. The number of benzene rings is 1. The Morgan fingerprint density at radius 2 is 2.05 bits per heavy atom. The third-order valence-corrected chi connectivity index (χ3v) is 3.43. The number of hydrogen-bond donors (Lipinski definition) is 0. The standard InChI is InChI=1S/C15H21BrO3/c1-3-4-5-6-14(17)12-7-8-15(13(16)11-12)19-10-9-18-2/h7-8,11H,3-6,9-10H2,1-2H3. The van der Waals surface area contributed by atoms with Crippen molar-refractivity contribution in [2.45, 2.75) is 32.6 Å². The highest BCUT2D eigenvalue weighted by atomic mass is 79.9. The minimum atomic E-state index is 0.192. The highest BCUT2D eigenvalue weighted by Crippen LogP contribution is 2.26. The van der Waals surface area contributed by atoms with Gasteiger partial charge in [-0.1, -0.05) is 19.8 Å². The Balaban J connectivity index is 2.57. The van der Waals surface area contributed by atoms with Gasteiger partial charge >= 0.3 is 0 Å². The molecule has 0 bridgehead atoms. The highest BCUT2D eigenvalue weighted by Gasteiger charge is 2.09. The van der Waals surface area contributed by atoms with Crippen molar-refractivity contribution >= 4 is 21.7 Å². The molecule has 0 unspecified atom stereocenters. The lowest BCUT2D eigenvalue weighted by Crippen LogP contribution is -2.05. The summed E-state index contributed by atoms with van der Waals surface area (Å²) in [5.74, 6) is 0.930. The predicted octanol–water partition coefficient (Wildman–Crippen LogP) is 4.24. The van der Waals surface area contributed by atoms with Gasteiger partial charge in [0, 0.05) is 19.1 Å². The lowest BCUT2D eigenvalue weighted by atomic mass is 10.0. The normalized spacial score (nSPS) is 10.5. The van der Waals surface area contributed by atoms with Crippen LogP contribution in [0.2, 0.25) is 0 Å². The van der Waals surface area contributed by atoms with E-state index in [2.05, 4.69) is 22.9 Å². The largest absolute Gasteiger partial charge is 0.490 e. The first kappa shape index (κ1) is 16.2. The van der Waals surface area contributed by atoms with Crippen LogP contribution in [-0.2, 0) is 4.74 Å². The Labute approximate surface area is 123 Å². The van der Waals surface area contributed by atoms with E-state index in [1.54, 1.807) is 7.11 Å². The van der Waals surface area contributed by atoms with Gasteiger partial charge in [-0.15, -0.1) is 0 Å². The van der Waals surface area contributed by atoms with E-state index in [0.29, 0.717) is 19.6 Å². The van der Waals surface area contributed by atoms with E-state index in [0.717, 1.165) is 35.0 Å². The van der Waals surface area contributed by atoms with Gasteiger partial charge in [-0.2, -0.15) is 0 Å². The Bertz CT molecular complexity index is 404. The summed E-state index contributed by atoms with van der Waals surface area (Å²) in [6.45, 7) is 3.18. The number of Topliss-reactive ketones (excluding diaryl/α,β-unsaturated/α-hetero) is 1. The van der Waals surface area contributed by atoms with Crippen LogP contribution in [0.5, 0.6) is 5.75 Å². The van der Waals surface area contributed by atoms with E-state index in [1.807, 2.05) is 18.2 Å². The molecule has 0 aliphatic carbocycles. The first-order chi connectivity index (χ1) is 9.19. The van der Waals surface area contributed by atoms with Crippen molar-refractivity contribution in [3.63, 3.8) is 0 Å². The van der Waals surface area contributed by atoms with Crippen molar-refractivity contribution in [3.8, 4) is 5.75 Å². The van der Waals surface area contributed by atoms with Crippen LogP contribution in [0.25, 0.3) is 0 Å². The minimum Gasteiger partial charge on any atom is -0.490 e. The molecule has 0 aliphatic heterocycles. The first-order valence-electron chi connectivity index (χ1n) is 6.63. The number of unbranched alkanes of at least 4 members (excludes halogenated alkanes) is 2. The number of carbonyl (C=O) groups excluding carboxylic acids is 1. The minimum absolute atomic E-state index is 0.192. The summed E-state index contributed by atoms with van der Waals surface area (Å²) in [7, 11) is 1.64. The van der Waals surface area contributed by atoms with Gasteiger partial charge in [0.25, 0.3) is 0 Å². The van der Waals surface area contributed by atoms with Crippen molar-refractivity contribution in [2.24, 2.45) is 0 Å². The quantitative estimate of drug-likeness (QED) is 0.502. The fraction of sp³-hybridized carbons (Fsp3) is 0.533. The number of ketones is 1. The SMILES string of the molecule is CCCCCC(=O)c1ccc(OCCOC)c(Br)c1. The molecule has 0 saturated carbocycles. The van der Waals surface area contributed by atoms with Gasteiger partial charge in [0.2, 0.25) is 0 Å². The lowest BCUT2D eigenvalue weighted by Gasteiger charge is -2.09. The van der Waals surface area contributed by atoms with E-state index in [-0.39, 0.29) is 5.78 Å². The molecule has 0 N–H and O–H groups in total. The van der Waals surface area contributed by atoms with Crippen LogP contribution in [-0.4, -0.2) is 26.1 Å². The summed E-state index contributed by atoms with van der Waals surface area (Å²) in [6, 6.07) is 5.48. The maximum Gasteiger partial charge on any atom is 0.162 e. The molecule has 0 spiro atoms. The van der Waals surface area contributed by atoms with Crippen LogP contribution in [0.3, 0.4) is 0 Å². The molecule has 0 atom stereocenters. The molecule has 106 valence electrons. The number of methoxy groups -OCH3 is 1. The zero-order valence-electron chi connectivity index (χ0n) is 11.6. The Hall–Kier alpha value is -0.870. The smallest absolute Gasteiger partial charge is 0.162 e. The van der Waals surface area contributed by atoms with E-state index in [4.69, 9.17) is 9.47 Å². The van der Waals surface area contributed by atoms with Gasteiger partial charge in [0.15, 0.2) is 5.78 Å². The van der Waals surface area contributed by atoms with E-state index >= 15 is 0 Å². The second-order valence-corrected chi connectivity index (χ2v) is 5.22. The summed E-state index contributed by atoms with van der Waals surface area (Å²) in [4.78, 5) is 12.0.